The molecule has 0 saturated carbocycles. The van der Waals surface area contributed by atoms with Gasteiger partial charge in [0, 0.05) is 38.8 Å². The largest absolute Gasteiger partial charge is 0.355 e. The van der Waals surface area contributed by atoms with Crippen molar-refractivity contribution in [3.63, 3.8) is 0 Å². The molecular weight excluding hydrogens is 413 g/mol. The standard InChI is InChI=1S/C18H35N5.HI/c1-3-21-10-5-4-8-16(21)14-20-18(19-2)23-13-9-17(15-23)22-11-6-7-12-22;/h16-17H,3-15H2,1-2H3,(H,19,20);1H. The van der Waals surface area contributed by atoms with Gasteiger partial charge in [-0.15, -0.1) is 24.0 Å². The van der Waals surface area contributed by atoms with Crippen molar-refractivity contribution in [2.24, 2.45) is 4.99 Å². The van der Waals surface area contributed by atoms with Crippen LogP contribution in [0.3, 0.4) is 0 Å². The van der Waals surface area contributed by atoms with Gasteiger partial charge in [0.1, 0.15) is 0 Å². The summed E-state index contributed by atoms with van der Waals surface area (Å²) in [6.45, 7) is 10.7. The minimum atomic E-state index is 0. The molecular formula is C18H36IN5. The molecule has 3 rings (SSSR count). The van der Waals surface area contributed by atoms with Crippen LogP contribution in [0.5, 0.6) is 0 Å². The summed E-state index contributed by atoms with van der Waals surface area (Å²) in [6, 6.07) is 1.43. The monoisotopic (exact) mass is 449 g/mol. The molecule has 3 fully saturated rings. The lowest BCUT2D eigenvalue weighted by Crippen LogP contribution is -2.50. The summed E-state index contributed by atoms with van der Waals surface area (Å²) < 4.78 is 0. The van der Waals surface area contributed by atoms with E-state index in [9.17, 15) is 0 Å². The minimum absolute atomic E-state index is 0. The first kappa shape index (κ1) is 20.2. The number of halogens is 1. The van der Waals surface area contributed by atoms with Gasteiger partial charge in [-0.3, -0.25) is 14.8 Å². The molecule has 0 bridgehead atoms. The maximum atomic E-state index is 4.56. The molecule has 5 nitrogen and oxygen atoms in total. The first-order chi connectivity index (χ1) is 11.3. The fourth-order valence-electron chi connectivity index (χ4n) is 4.59. The molecule has 0 aromatic carbocycles. The van der Waals surface area contributed by atoms with Gasteiger partial charge in [-0.1, -0.05) is 13.3 Å². The SMILES string of the molecule is CCN1CCCCC1CNC(=NC)N1CCC(N2CCCC2)C1.I. The number of likely N-dealkylation sites (N-methyl/N-ethyl adjacent to an activating group) is 1. The Labute approximate surface area is 165 Å². The molecule has 2 unspecified atom stereocenters. The second-order valence-electron chi connectivity index (χ2n) is 7.34. The second-order valence-corrected chi connectivity index (χ2v) is 7.34. The number of guanidine groups is 1. The van der Waals surface area contributed by atoms with E-state index in [1.54, 1.807) is 0 Å². The molecule has 0 aromatic rings. The first-order valence-corrected chi connectivity index (χ1v) is 9.75. The highest BCUT2D eigenvalue weighted by Crippen LogP contribution is 2.21. The van der Waals surface area contributed by atoms with Crippen LogP contribution < -0.4 is 5.32 Å². The third-order valence-corrected chi connectivity index (χ3v) is 5.98. The van der Waals surface area contributed by atoms with Gasteiger partial charge >= 0.3 is 0 Å². The molecule has 2 atom stereocenters. The zero-order valence-corrected chi connectivity index (χ0v) is 17.9. The van der Waals surface area contributed by atoms with E-state index in [1.165, 1.54) is 64.7 Å². The van der Waals surface area contributed by atoms with Crippen molar-refractivity contribution >= 4 is 29.9 Å². The fourth-order valence-corrected chi connectivity index (χ4v) is 4.59. The van der Waals surface area contributed by atoms with Gasteiger partial charge in [0.25, 0.3) is 0 Å². The van der Waals surface area contributed by atoms with Crippen molar-refractivity contribution in [2.75, 3.05) is 52.9 Å². The molecule has 24 heavy (non-hydrogen) atoms. The van der Waals surface area contributed by atoms with E-state index < -0.39 is 0 Å². The van der Waals surface area contributed by atoms with Gasteiger partial charge in [0.15, 0.2) is 5.96 Å². The molecule has 3 saturated heterocycles. The van der Waals surface area contributed by atoms with E-state index in [0.717, 1.165) is 31.6 Å². The van der Waals surface area contributed by atoms with Crippen molar-refractivity contribution < 1.29 is 0 Å². The van der Waals surface area contributed by atoms with Crippen molar-refractivity contribution in [2.45, 2.75) is 57.5 Å². The van der Waals surface area contributed by atoms with E-state index in [2.05, 4.69) is 31.9 Å². The second kappa shape index (κ2) is 10.2. The lowest BCUT2D eigenvalue weighted by molar-refractivity contribution is 0.156. The number of aliphatic imine (C=N–C) groups is 1. The molecule has 3 aliphatic rings. The maximum absolute atomic E-state index is 4.56. The van der Waals surface area contributed by atoms with Gasteiger partial charge in [0.05, 0.1) is 0 Å². The third kappa shape index (κ3) is 4.97. The molecule has 3 aliphatic heterocycles. The molecule has 0 amide bonds. The van der Waals surface area contributed by atoms with Crippen LogP contribution in [-0.4, -0.2) is 85.6 Å². The first-order valence-electron chi connectivity index (χ1n) is 9.75. The summed E-state index contributed by atoms with van der Waals surface area (Å²) in [6.07, 6.45) is 8.14. The van der Waals surface area contributed by atoms with Crippen LogP contribution in [0, 0.1) is 0 Å². The van der Waals surface area contributed by atoms with Crippen LogP contribution >= 0.6 is 24.0 Å². The predicted molar refractivity (Wildman–Crippen MR) is 112 cm³/mol. The van der Waals surface area contributed by atoms with Crippen LogP contribution in [0.15, 0.2) is 4.99 Å². The Morgan fingerprint density at radius 3 is 2.50 bits per heavy atom. The van der Waals surface area contributed by atoms with E-state index in [0.29, 0.717) is 6.04 Å². The zero-order valence-electron chi connectivity index (χ0n) is 15.5. The number of hydrogen-bond acceptors (Lipinski definition) is 3. The van der Waals surface area contributed by atoms with Crippen molar-refractivity contribution in [3.8, 4) is 0 Å². The molecule has 0 aromatic heterocycles. The summed E-state index contributed by atoms with van der Waals surface area (Å²) in [4.78, 5) is 12.3. The minimum Gasteiger partial charge on any atom is -0.355 e. The lowest BCUT2D eigenvalue weighted by Gasteiger charge is -2.36. The Kier molecular flexibility index (Phi) is 8.57. The molecule has 0 aliphatic carbocycles. The van der Waals surface area contributed by atoms with Gasteiger partial charge in [0.2, 0.25) is 0 Å². The summed E-state index contributed by atoms with van der Waals surface area (Å²) in [5.74, 6) is 1.12. The van der Waals surface area contributed by atoms with E-state index in [1.807, 2.05) is 7.05 Å². The van der Waals surface area contributed by atoms with Crippen LogP contribution in [-0.2, 0) is 0 Å². The Balaban J connectivity index is 0.00000208. The van der Waals surface area contributed by atoms with Gasteiger partial charge < -0.3 is 10.2 Å². The number of hydrogen-bond donors (Lipinski definition) is 1. The van der Waals surface area contributed by atoms with Gasteiger partial charge in [-0.05, 0) is 58.3 Å². The van der Waals surface area contributed by atoms with E-state index in [-0.39, 0.29) is 24.0 Å². The molecule has 0 radical (unpaired) electrons. The normalized spacial score (nSPS) is 29.8. The van der Waals surface area contributed by atoms with E-state index in [4.69, 9.17) is 0 Å². The Bertz CT molecular complexity index is 397. The van der Waals surface area contributed by atoms with Gasteiger partial charge in [-0.25, -0.2) is 0 Å². The van der Waals surface area contributed by atoms with Crippen LogP contribution in [0.1, 0.15) is 45.4 Å². The molecule has 1 N–H and O–H groups in total. The van der Waals surface area contributed by atoms with Crippen LogP contribution in [0.4, 0.5) is 0 Å². The number of nitrogens with one attached hydrogen (secondary N) is 1. The highest BCUT2D eigenvalue weighted by molar-refractivity contribution is 14.0. The van der Waals surface area contributed by atoms with Crippen LogP contribution in [0.2, 0.25) is 0 Å². The average molecular weight is 449 g/mol. The number of piperidine rings is 1. The molecule has 6 heteroatoms. The predicted octanol–water partition coefficient (Wildman–Crippen LogP) is 2.22. The third-order valence-electron chi connectivity index (χ3n) is 5.98. The topological polar surface area (TPSA) is 34.1 Å². The summed E-state index contributed by atoms with van der Waals surface area (Å²) in [5.41, 5.74) is 0. The summed E-state index contributed by atoms with van der Waals surface area (Å²) in [5, 5.41) is 3.67. The maximum Gasteiger partial charge on any atom is 0.193 e. The van der Waals surface area contributed by atoms with Crippen LogP contribution in [0.25, 0.3) is 0 Å². The highest BCUT2D eigenvalue weighted by Gasteiger charge is 2.31. The molecule has 3 heterocycles. The Hall–Kier alpha value is -0.0800. The van der Waals surface area contributed by atoms with Crippen molar-refractivity contribution in [1.29, 1.82) is 0 Å². The smallest absolute Gasteiger partial charge is 0.193 e. The summed E-state index contributed by atoms with van der Waals surface area (Å²) >= 11 is 0. The summed E-state index contributed by atoms with van der Waals surface area (Å²) in [7, 11) is 1.93. The molecule has 140 valence electrons. The fraction of sp³-hybridized carbons (Fsp3) is 0.944. The lowest BCUT2D eigenvalue weighted by atomic mass is 10.0. The number of likely N-dealkylation sites (tertiary alicyclic amines) is 3. The number of nitrogens with zero attached hydrogens (tertiary/aromatic N) is 4. The van der Waals surface area contributed by atoms with Crippen molar-refractivity contribution in [3.05, 3.63) is 0 Å². The van der Waals surface area contributed by atoms with Crippen molar-refractivity contribution in [1.82, 2.24) is 20.0 Å². The Morgan fingerprint density at radius 2 is 1.79 bits per heavy atom. The zero-order chi connectivity index (χ0) is 16.1. The van der Waals surface area contributed by atoms with Gasteiger partial charge in [-0.2, -0.15) is 0 Å². The highest BCUT2D eigenvalue weighted by atomic mass is 127. The average Bonchev–Trinajstić information content (AvgIpc) is 3.27. The molecule has 0 spiro atoms. The Morgan fingerprint density at radius 1 is 1.04 bits per heavy atom. The quantitative estimate of drug-likeness (QED) is 0.406. The van der Waals surface area contributed by atoms with E-state index >= 15 is 0 Å². The number of rotatable bonds is 4.